The molecule has 0 N–H and O–H groups in total. The molecule has 1 amide bonds. The summed E-state index contributed by atoms with van der Waals surface area (Å²) in [5.74, 6) is 0.988. The second kappa shape index (κ2) is 5.76. The summed E-state index contributed by atoms with van der Waals surface area (Å²) in [5.41, 5.74) is 2.21. The van der Waals surface area contributed by atoms with Gasteiger partial charge in [-0.15, -0.1) is 11.3 Å². The van der Waals surface area contributed by atoms with E-state index in [4.69, 9.17) is 0 Å². The lowest BCUT2D eigenvalue weighted by Gasteiger charge is -2.33. The van der Waals surface area contributed by atoms with E-state index in [0.717, 1.165) is 49.0 Å². The van der Waals surface area contributed by atoms with Crippen LogP contribution in [0.2, 0.25) is 0 Å². The highest BCUT2D eigenvalue weighted by Gasteiger charge is 2.43. The Hall–Kier alpha value is -1.24. The minimum absolute atomic E-state index is 0.161. The molecule has 4 rings (SSSR count). The second-order valence-electron chi connectivity index (χ2n) is 6.18. The SMILES string of the molecule is Cc1nc(CN2CC3CCN(c4ccsc4)C(=O)C3C2)cs1. The number of carbonyl (C=O) groups excluding carboxylic acids is 1. The van der Waals surface area contributed by atoms with Crippen molar-refractivity contribution >= 4 is 34.3 Å². The number of thiophene rings is 1. The Morgan fingerprint density at radius 2 is 2.27 bits per heavy atom. The van der Waals surface area contributed by atoms with E-state index >= 15 is 0 Å². The first-order valence-electron chi connectivity index (χ1n) is 7.67. The number of carbonyl (C=O) groups is 1. The molecule has 2 unspecified atom stereocenters. The third-order valence-corrected chi connectivity index (χ3v) is 6.19. The van der Waals surface area contributed by atoms with Gasteiger partial charge in [-0.3, -0.25) is 9.69 Å². The number of thiazole rings is 1. The fraction of sp³-hybridized carbons (Fsp3) is 0.500. The summed E-state index contributed by atoms with van der Waals surface area (Å²) in [6.07, 6.45) is 1.11. The van der Waals surface area contributed by atoms with Gasteiger partial charge >= 0.3 is 0 Å². The zero-order chi connectivity index (χ0) is 15.1. The van der Waals surface area contributed by atoms with E-state index in [-0.39, 0.29) is 5.92 Å². The molecular formula is C16H19N3OS2. The molecule has 116 valence electrons. The Bertz CT molecular complexity index is 667. The van der Waals surface area contributed by atoms with Gasteiger partial charge in [0, 0.05) is 36.9 Å². The third kappa shape index (κ3) is 2.59. The summed E-state index contributed by atoms with van der Waals surface area (Å²) in [7, 11) is 0. The summed E-state index contributed by atoms with van der Waals surface area (Å²) in [6, 6.07) is 2.05. The first-order chi connectivity index (χ1) is 10.7. The highest BCUT2D eigenvalue weighted by Crippen LogP contribution is 2.35. The van der Waals surface area contributed by atoms with Crippen molar-refractivity contribution in [2.45, 2.75) is 19.9 Å². The van der Waals surface area contributed by atoms with Crippen molar-refractivity contribution < 1.29 is 4.79 Å². The maximum atomic E-state index is 12.8. The molecule has 0 aromatic carbocycles. The molecule has 2 saturated heterocycles. The molecule has 2 aromatic rings. The lowest BCUT2D eigenvalue weighted by molar-refractivity contribution is -0.124. The molecule has 0 saturated carbocycles. The third-order valence-electron chi connectivity index (χ3n) is 4.69. The molecule has 2 aliphatic heterocycles. The standard InChI is InChI=1S/C16H19N3OS2/c1-11-17-13(9-22-11)7-18-6-12-2-4-19(14-3-5-21-10-14)16(20)15(12)8-18/h3,5,9-10,12,15H,2,4,6-8H2,1H3. The van der Waals surface area contributed by atoms with E-state index in [0.29, 0.717) is 11.8 Å². The van der Waals surface area contributed by atoms with Crippen molar-refractivity contribution in [1.29, 1.82) is 0 Å². The topological polar surface area (TPSA) is 36.4 Å². The first-order valence-corrected chi connectivity index (χ1v) is 9.50. The van der Waals surface area contributed by atoms with Crippen molar-refractivity contribution in [1.82, 2.24) is 9.88 Å². The number of nitrogens with zero attached hydrogens (tertiary/aromatic N) is 3. The number of piperidine rings is 1. The Morgan fingerprint density at radius 3 is 3.00 bits per heavy atom. The van der Waals surface area contributed by atoms with E-state index < -0.39 is 0 Å². The smallest absolute Gasteiger partial charge is 0.231 e. The molecule has 22 heavy (non-hydrogen) atoms. The number of hydrogen-bond acceptors (Lipinski definition) is 5. The zero-order valence-corrected chi connectivity index (χ0v) is 14.2. The van der Waals surface area contributed by atoms with Gasteiger partial charge in [-0.25, -0.2) is 4.98 Å². The Kier molecular flexibility index (Phi) is 3.76. The van der Waals surface area contributed by atoms with Crippen LogP contribution in [-0.2, 0) is 11.3 Å². The van der Waals surface area contributed by atoms with Crippen molar-refractivity contribution in [3.05, 3.63) is 32.9 Å². The van der Waals surface area contributed by atoms with Crippen LogP contribution in [0.5, 0.6) is 0 Å². The predicted molar refractivity (Wildman–Crippen MR) is 90.4 cm³/mol. The minimum atomic E-state index is 0.161. The number of aryl methyl sites for hydroxylation is 1. The van der Waals surface area contributed by atoms with Crippen LogP contribution in [0.4, 0.5) is 5.69 Å². The highest BCUT2D eigenvalue weighted by molar-refractivity contribution is 7.09. The summed E-state index contributed by atoms with van der Waals surface area (Å²) in [5, 5.41) is 7.37. The van der Waals surface area contributed by atoms with Crippen LogP contribution >= 0.6 is 22.7 Å². The van der Waals surface area contributed by atoms with Gasteiger partial charge in [0.15, 0.2) is 0 Å². The van der Waals surface area contributed by atoms with E-state index in [2.05, 4.69) is 20.6 Å². The van der Waals surface area contributed by atoms with Gasteiger partial charge < -0.3 is 4.90 Å². The minimum Gasteiger partial charge on any atom is -0.311 e. The lowest BCUT2D eigenvalue weighted by Crippen LogP contribution is -2.45. The fourth-order valence-electron chi connectivity index (χ4n) is 3.64. The quantitative estimate of drug-likeness (QED) is 0.866. The Labute approximate surface area is 138 Å². The van der Waals surface area contributed by atoms with Crippen LogP contribution in [-0.4, -0.2) is 35.4 Å². The molecule has 2 aromatic heterocycles. The van der Waals surface area contributed by atoms with Crippen molar-refractivity contribution in [3.8, 4) is 0 Å². The van der Waals surface area contributed by atoms with Crippen molar-refractivity contribution in [2.75, 3.05) is 24.5 Å². The number of likely N-dealkylation sites (tertiary alicyclic amines) is 1. The number of fused-ring (bicyclic) bond motifs is 1. The molecule has 2 atom stereocenters. The van der Waals surface area contributed by atoms with Crippen LogP contribution < -0.4 is 4.90 Å². The average Bonchev–Trinajstić information content (AvgIpc) is 3.20. The van der Waals surface area contributed by atoms with E-state index in [1.165, 1.54) is 0 Å². The normalized spacial score (nSPS) is 25.7. The zero-order valence-electron chi connectivity index (χ0n) is 12.6. The van der Waals surface area contributed by atoms with Crippen LogP contribution in [0.25, 0.3) is 0 Å². The van der Waals surface area contributed by atoms with Crippen molar-refractivity contribution in [2.24, 2.45) is 11.8 Å². The molecule has 4 nitrogen and oxygen atoms in total. The van der Waals surface area contributed by atoms with Crippen LogP contribution in [0, 0.1) is 18.8 Å². The summed E-state index contributed by atoms with van der Waals surface area (Å²) >= 11 is 3.35. The van der Waals surface area contributed by atoms with E-state index in [1.807, 2.05) is 23.3 Å². The molecule has 0 aliphatic carbocycles. The molecule has 6 heteroatoms. The van der Waals surface area contributed by atoms with Gasteiger partial charge in [-0.1, -0.05) is 0 Å². The number of rotatable bonds is 3. The number of hydrogen-bond donors (Lipinski definition) is 0. The molecule has 0 radical (unpaired) electrons. The largest absolute Gasteiger partial charge is 0.311 e. The maximum Gasteiger partial charge on any atom is 0.231 e. The Balaban J connectivity index is 1.45. The number of aromatic nitrogens is 1. The lowest BCUT2D eigenvalue weighted by atomic mass is 9.88. The average molecular weight is 333 g/mol. The Morgan fingerprint density at radius 1 is 1.36 bits per heavy atom. The predicted octanol–water partition coefficient (Wildman–Crippen LogP) is 3.00. The summed E-state index contributed by atoms with van der Waals surface area (Å²) < 4.78 is 0. The van der Waals surface area contributed by atoms with Gasteiger partial charge in [-0.2, -0.15) is 11.3 Å². The number of anilines is 1. The van der Waals surface area contributed by atoms with Gasteiger partial charge in [0.05, 0.1) is 22.3 Å². The van der Waals surface area contributed by atoms with Crippen LogP contribution in [0.15, 0.2) is 22.2 Å². The van der Waals surface area contributed by atoms with Gasteiger partial charge in [0.1, 0.15) is 0 Å². The van der Waals surface area contributed by atoms with Gasteiger partial charge in [0.25, 0.3) is 0 Å². The number of amides is 1. The second-order valence-corrected chi connectivity index (χ2v) is 8.02. The summed E-state index contributed by atoms with van der Waals surface area (Å²) in [6.45, 7) is 5.69. The molecule has 2 fully saturated rings. The van der Waals surface area contributed by atoms with E-state index in [9.17, 15) is 4.79 Å². The summed E-state index contributed by atoms with van der Waals surface area (Å²) in [4.78, 5) is 21.7. The first kappa shape index (κ1) is 14.4. The molecular weight excluding hydrogens is 314 g/mol. The van der Waals surface area contributed by atoms with E-state index in [1.54, 1.807) is 22.7 Å². The monoisotopic (exact) mass is 333 g/mol. The maximum absolute atomic E-state index is 12.8. The van der Waals surface area contributed by atoms with Crippen molar-refractivity contribution in [3.63, 3.8) is 0 Å². The molecule has 0 spiro atoms. The van der Waals surface area contributed by atoms with Gasteiger partial charge in [0.2, 0.25) is 5.91 Å². The van der Waals surface area contributed by atoms with Crippen LogP contribution in [0.1, 0.15) is 17.1 Å². The fourth-order valence-corrected chi connectivity index (χ4v) is 4.89. The van der Waals surface area contributed by atoms with Crippen LogP contribution in [0.3, 0.4) is 0 Å². The molecule has 4 heterocycles. The highest BCUT2D eigenvalue weighted by atomic mass is 32.1. The molecule has 0 bridgehead atoms. The molecule has 2 aliphatic rings. The van der Waals surface area contributed by atoms with Gasteiger partial charge in [-0.05, 0) is 30.7 Å².